The third kappa shape index (κ3) is 3.92. The highest BCUT2D eigenvalue weighted by atomic mass is 35.5. The molecular formula is C21H24ClN5O3. The molecule has 2 aliphatic rings. The Balaban J connectivity index is 1.68. The van der Waals surface area contributed by atoms with Gasteiger partial charge in [0.2, 0.25) is 17.8 Å². The van der Waals surface area contributed by atoms with E-state index in [0.29, 0.717) is 16.7 Å². The Morgan fingerprint density at radius 3 is 2.67 bits per heavy atom. The van der Waals surface area contributed by atoms with Gasteiger partial charge in [0.25, 0.3) is 5.56 Å². The molecule has 4 rings (SSSR count). The molecule has 2 aromatic rings. The molecule has 3 heterocycles. The van der Waals surface area contributed by atoms with Crippen molar-refractivity contribution in [1.82, 2.24) is 9.97 Å². The van der Waals surface area contributed by atoms with Gasteiger partial charge in [-0.25, -0.2) is 0 Å². The topological polar surface area (TPSA) is 107 Å². The Kier molecular flexibility index (Phi) is 5.51. The molecule has 8 nitrogen and oxygen atoms in total. The third-order valence-corrected chi connectivity index (χ3v) is 6.02. The highest BCUT2D eigenvalue weighted by Gasteiger charge is 2.36. The largest absolute Gasteiger partial charge is 0.337 e. The number of amides is 2. The molecule has 3 unspecified atom stereocenters. The SMILES string of the molecule is CC1CCCC(C)N1c1nc2c(c(=O)[nH]1)C(C(=O)Nc1cccc(Cl)c1)CC(=O)N2. The predicted molar refractivity (Wildman–Crippen MR) is 116 cm³/mol. The summed E-state index contributed by atoms with van der Waals surface area (Å²) in [7, 11) is 0. The number of halogens is 1. The van der Waals surface area contributed by atoms with Gasteiger partial charge >= 0.3 is 0 Å². The van der Waals surface area contributed by atoms with E-state index >= 15 is 0 Å². The number of rotatable bonds is 3. The Hall–Kier alpha value is -2.87. The van der Waals surface area contributed by atoms with Gasteiger partial charge < -0.3 is 15.5 Å². The van der Waals surface area contributed by atoms with E-state index in [0.717, 1.165) is 19.3 Å². The lowest BCUT2D eigenvalue weighted by molar-refractivity contribution is -0.123. The monoisotopic (exact) mass is 429 g/mol. The van der Waals surface area contributed by atoms with Crippen LogP contribution in [0.4, 0.5) is 17.5 Å². The highest BCUT2D eigenvalue weighted by Crippen LogP contribution is 2.32. The van der Waals surface area contributed by atoms with E-state index in [9.17, 15) is 14.4 Å². The second-order valence-corrected chi connectivity index (χ2v) is 8.43. The van der Waals surface area contributed by atoms with Crippen molar-refractivity contribution in [2.45, 2.75) is 57.5 Å². The maximum Gasteiger partial charge on any atom is 0.258 e. The minimum absolute atomic E-state index is 0.125. The lowest BCUT2D eigenvalue weighted by Gasteiger charge is -2.39. The number of fused-ring (bicyclic) bond motifs is 1. The first kappa shape index (κ1) is 20.4. The fraction of sp³-hybridized carbons (Fsp3) is 0.429. The van der Waals surface area contributed by atoms with E-state index in [2.05, 4.69) is 39.3 Å². The van der Waals surface area contributed by atoms with Crippen molar-refractivity contribution >= 4 is 40.9 Å². The zero-order valence-corrected chi connectivity index (χ0v) is 17.6. The van der Waals surface area contributed by atoms with Crippen LogP contribution in [-0.4, -0.2) is 33.9 Å². The van der Waals surface area contributed by atoms with Gasteiger partial charge in [0.15, 0.2) is 0 Å². The van der Waals surface area contributed by atoms with Gasteiger partial charge in [0.1, 0.15) is 5.82 Å². The zero-order valence-electron chi connectivity index (χ0n) is 16.9. The number of benzene rings is 1. The summed E-state index contributed by atoms with van der Waals surface area (Å²) in [5, 5.41) is 5.88. The molecule has 1 fully saturated rings. The number of aromatic amines is 1. The maximum atomic E-state index is 13.0. The third-order valence-electron chi connectivity index (χ3n) is 5.79. The number of carbonyl (C=O) groups is 2. The van der Waals surface area contributed by atoms with Gasteiger partial charge in [-0.2, -0.15) is 4.98 Å². The Morgan fingerprint density at radius 2 is 1.97 bits per heavy atom. The first-order valence-corrected chi connectivity index (χ1v) is 10.5. The summed E-state index contributed by atoms with van der Waals surface area (Å²) in [6.45, 7) is 4.18. The average molecular weight is 430 g/mol. The predicted octanol–water partition coefficient (Wildman–Crippen LogP) is 3.26. The number of anilines is 3. The van der Waals surface area contributed by atoms with Gasteiger partial charge in [0.05, 0.1) is 11.5 Å². The smallest absolute Gasteiger partial charge is 0.258 e. The first-order valence-electron chi connectivity index (χ1n) is 10.1. The van der Waals surface area contributed by atoms with Crippen molar-refractivity contribution < 1.29 is 9.59 Å². The van der Waals surface area contributed by atoms with Crippen LogP contribution in [-0.2, 0) is 9.59 Å². The molecular weight excluding hydrogens is 406 g/mol. The van der Waals surface area contributed by atoms with Crippen LogP contribution in [0.15, 0.2) is 29.1 Å². The number of carbonyl (C=O) groups excluding carboxylic acids is 2. The number of aromatic nitrogens is 2. The molecule has 9 heteroatoms. The summed E-state index contributed by atoms with van der Waals surface area (Å²) < 4.78 is 0. The van der Waals surface area contributed by atoms with Crippen molar-refractivity contribution in [3.8, 4) is 0 Å². The van der Waals surface area contributed by atoms with Crippen molar-refractivity contribution in [1.29, 1.82) is 0 Å². The number of piperidine rings is 1. The molecule has 3 atom stereocenters. The van der Waals surface area contributed by atoms with Crippen molar-refractivity contribution in [2.75, 3.05) is 15.5 Å². The molecule has 1 aromatic carbocycles. The van der Waals surface area contributed by atoms with Crippen molar-refractivity contribution in [3.63, 3.8) is 0 Å². The molecule has 3 N–H and O–H groups in total. The number of nitrogens with zero attached hydrogens (tertiary/aromatic N) is 2. The number of H-pyrrole nitrogens is 1. The van der Waals surface area contributed by atoms with Crippen LogP contribution in [0.1, 0.15) is 51.0 Å². The van der Waals surface area contributed by atoms with Crippen molar-refractivity contribution in [3.05, 3.63) is 45.2 Å². The van der Waals surface area contributed by atoms with E-state index in [1.54, 1.807) is 24.3 Å². The van der Waals surface area contributed by atoms with Crippen LogP contribution >= 0.6 is 11.6 Å². The maximum absolute atomic E-state index is 13.0. The van der Waals surface area contributed by atoms with Crippen LogP contribution in [0.5, 0.6) is 0 Å². The van der Waals surface area contributed by atoms with Gasteiger partial charge in [-0.3, -0.25) is 19.4 Å². The molecule has 0 bridgehead atoms. The summed E-state index contributed by atoms with van der Waals surface area (Å²) in [5.41, 5.74) is 0.262. The van der Waals surface area contributed by atoms with Crippen LogP contribution in [0.25, 0.3) is 0 Å². The van der Waals surface area contributed by atoms with Crippen LogP contribution < -0.4 is 21.1 Å². The minimum atomic E-state index is -0.936. The molecule has 0 aliphatic carbocycles. The molecule has 0 saturated carbocycles. The lowest BCUT2D eigenvalue weighted by atomic mass is 9.92. The van der Waals surface area contributed by atoms with Gasteiger partial charge in [0, 0.05) is 29.2 Å². The molecule has 1 aromatic heterocycles. The molecule has 158 valence electrons. The number of nitrogens with one attached hydrogen (secondary N) is 3. The summed E-state index contributed by atoms with van der Waals surface area (Å²) in [4.78, 5) is 47.7. The summed E-state index contributed by atoms with van der Waals surface area (Å²) in [5.74, 6) is -1.16. The zero-order chi connectivity index (χ0) is 21.4. The highest BCUT2D eigenvalue weighted by molar-refractivity contribution is 6.30. The Bertz CT molecular complexity index is 1040. The van der Waals surface area contributed by atoms with Gasteiger partial charge in [-0.05, 0) is 51.3 Å². The first-order chi connectivity index (χ1) is 14.3. The molecule has 2 aliphatic heterocycles. The summed E-state index contributed by atoms with van der Waals surface area (Å²) in [6.07, 6.45) is 3.00. The molecule has 2 amide bonds. The molecule has 30 heavy (non-hydrogen) atoms. The van der Waals surface area contributed by atoms with Crippen LogP contribution in [0.3, 0.4) is 0 Å². The normalized spacial score (nSPS) is 23.5. The summed E-state index contributed by atoms with van der Waals surface area (Å²) in [6, 6.07) is 7.14. The van der Waals surface area contributed by atoms with Gasteiger partial charge in [-0.15, -0.1) is 0 Å². The second-order valence-electron chi connectivity index (χ2n) is 7.99. The van der Waals surface area contributed by atoms with E-state index in [1.807, 2.05) is 0 Å². The van der Waals surface area contributed by atoms with Crippen LogP contribution in [0, 0.1) is 0 Å². The van der Waals surface area contributed by atoms with E-state index < -0.39 is 17.4 Å². The average Bonchev–Trinajstić information content (AvgIpc) is 2.67. The Labute approximate surface area is 179 Å². The van der Waals surface area contributed by atoms with E-state index in [-0.39, 0.29) is 35.8 Å². The number of hydrogen-bond donors (Lipinski definition) is 3. The second kappa shape index (κ2) is 8.10. The lowest BCUT2D eigenvalue weighted by Crippen LogP contribution is -2.46. The Morgan fingerprint density at radius 1 is 1.23 bits per heavy atom. The standard InChI is InChI=1S/C21H24ClN5O3/c1-11-5-3-6-12(2)27(11)21-25-18-17(20(30)26-21)15(10-16(28)24-18)19(29)23-14-8-4-7-13(22)9-14/h4,7-9,11-12,15H,3,5-6,10H2,1-2H3,(H,23,29)(H2,24,25,26,28,30). The fourth-order valence-corrected chi connectivity index (χ4v) is 4.53. The fourth-order valence-electron chi connectivity index (χ4n) is 4.34. The van der Waals surface area contributed by atoms with Crippen molar-refractivity contribution in [2.24, 2.45) is 0 Å². The van der Waals surface area contributed by atoms with Gasteiger partial charge in [-0.1, -0.05) is 17.7 Å². The molecule has 0 spiro atoms. The van der Waals surface area contributed by atoms with E-state index in [1.165, 1.54) is 0 Å². The van der Waals surface area contributed by atoms with E-state index in [4.69, 9.17) is 11.6 Å². The van der Waals surface area contributed by atoms with Crippen LogP contribution in [0.2, 0.25) is 5.02 Å². The minimum Gasteiger partial charge on any atom is -0.337 e. The molecule has 0 radical (unpaired) electrons. The quantitative estimate of drug-likeness (QED) is 0.694. The summed E-state index contributed by atoms with van der Waals surface area (Å²) >= 11 is 5.97. The molecule has 1 saturated heterocycles. The number of hydrogen-bond acceptors (Lipinski definition) is 5.